The molecule has 0 amide bonds. The van der Waals surface area contributed by atoms with Gasteiger partial charge in [0.15, 0.2) is 5.82 Å². The summed E-state index contributed by atoms with van der Waals surface area (Å²) in [4.78, 5) is 15.2. The average Bonchev–Trinajstić information content (AvgIpc) is 2.54. The van der Waals surface area contributed by atoms with Gasteiger partial charge in [-0.05, 0) is 12.8 Å². The minimum atomic E-state index is -1.69. The fourth-order valence-electron chi connectivity index (χ4n) is 2.17. The molecular weight excluding hydrogens is 369 g/mol. The predicted molar refractivity (Wildman–Crippen MR) is 99.6 cm³/mol. The summed E-state index contributed by atoms with van der Waals surface area (Å²) in [5.41, 5.74) is 0. The van der Waals surface area contributed by atoms with E-state index in [0.29, 0.717) is 24.7 Å². The quantitative estimate of drug-likeness (QED) is 0.416. The maximum absolute atomic E-state index is 8.88. The van der Waals surface area contributed by atoms with Gasteiger partial charge in [-0.3, -0.25) is 0 Å². The Morgan fingerprint density at radius 1 is 1.00 bits per heavy atom. The van der Waals surface area contributed by atoms with Crippen LogP contribution in [0.5, 0.6) is 0 Å². The summed E-state index contributed by atoms with van der Waals surface area (Å²) in [6.45, 7) is 5.56. The Balaban J connectivity index is 3.11. The maximum Gasteiger partial charge on any atom is 0.250 e. The average molecular weight is 393 g/mol. The number of nitriles is 1. The lowest BCUT2D eigenvalue weighted by molar-refractivity contribution is 0.661. The summed E-state index contributed by atoms with van der Waals surface area (Å²) in [7, 11) is 0. The number of aromatic nitrogens is 3. The first-order valence-electron chi connectivity index (χ1n) is 8.36. The van der Waals surface area contributed by atoms with E-state index in [0.717, 1.165) is 45.1 Å². The van der Waals surface area contributed by atoms with Crippen molar-refractivity contribution in [1.82, 2.24) is 15.0 Å². The summed E-state index contributed by atoms with van der Waals surface area (Å²) < 4.78 is -1.69. The van der Waals surface area contributed by atoms with E-state index in [2.05, 4.69) is 34.9 Å². The first-order valence-corrected chi connectivity index (χ1v) is 9.49. The van der Waals surface area contributed by atoms with Gasteiger partial charge in [0.25, 0.3) is 0 Å². The second-order valence-corrected chi connectivity index (χ2v) is 7.86. The summed E-state index contributed by atoms with van der Waals surface area (Å²) in [5.74, 6) is 1.26. The number of halogens is 3. The first-order chi connectivity index (χ1) is 11.4. The van der Waals surface area contributed by atoms with Crippen LogP contribution in [0, 0.1) is 11.3 Å². The van der Waals surface area contributed by atoms with Gasteiger partial charge in [0.1, 0.15) is 5.82 Å². The van der Waals surface area contributed by atoms with Crippen LogP contribution in [0.15, 0.2) is 0 Å². The molecular formula is C16H24Cl3N5. The van der Waals surface area contributed by atoms with Gasteiger partial charge in [0.05, 0.1) is 12.5 Å². The lowest BCUT2D eigenvalue weighted by Gasteiger charge is -2.23. The Kier molecular flexibility index (Phi) is 9.65. The molecule has 0 N–H and O–H groups in total. The molecule has 1 aromatic heterocycles. The number of anilines is 1. The number of hydrogen-bond donors (Lipinski definition) is 0. The molecule has 1 heterocycles. The standard InChI is InChI=1S/C16H24Cl3N5/c1-3-5-7-9-13-21-14(16(17,18)19)23-15(22-13)24(11-6-4-2)12-8-10-20/h3-9,11-12H2,1-2H3. The number of hydrogen-bond acceptors (Lipinski definition) is 5. The van der Waals surface area contributed by atoms with Crippen molar-refractivity contribution in [3.63, 3.8) is 0 Å². The van der Waals surface area contributed by atoms with Crippen LogP contribution in [0.3, 0.4) is 0 Å². The molecule has 1 aromatic rings. The highest BCUT2D eigenvalue weighted by Crippen LogP contribution is 2.36. The topological polar surface area (TPSA) is 65.7 Å². The third-order valence-electron chi connectivity index (χ3n) is 3.49. The molecule has 0 atom stereocenters. The van der Waals surface area contributed by atoms with E-state index in [1.807, 2.05) is 4.90 Å². The highest BCUT2D eigenvalue weighted by atomic mass is 35.6. The van der Waals surface area contributed by atoms with Crippen LogP contribution in [-0.4, -0.2) is 28.0 Å². The molecule has 24 heavy (non-hydrogen) atoms. The summed E-state index contributed by atoms with van der Waals surface area (Å²) in [6, 6.07) is 2.15. The minimum Gasteiger partial charge on any atom is -0.340 e. The Labute approximate surface area is 159 Å². The SMILES string of the molecule is CCCCCc1nc(N(CCC#N)CCCC)nc(C(Cl)(Cl)Cl)n1. The molecule has 134 valence electrons. The fraction of sp³-hybridized carbons (Fsp3) is 0.750. The van der Waals surface area contributed by atoms with E-state index in [1.54, 1.807) is 0 Å². The summed E-state index contributed by atoms with van der Waals surface area (Å²) in [6.07, 6.45) is 6.31. The van der Waals surface area contributed by atoms with Crippen molar-refractivity contribution in [3.05, 3.63) is 11.6 Å². The molecule has 0 fully saturated rings. The molecule has 0 radical (unpaired) electrons. The van der Waals surface area contributed by atoms with Crippen molar-refractivity contribution < 1.29 is 0 Å². The van der Waals surface area contributed by atoms with Gasteiger partial charge in [0, 0.05) is 19.5 Å². The van der Waals surface area contributed by atoms with Gasteiger partial charge in [0.2, 0.25) is 9.74 Å². The molecule has 0 bridgehead atoms. The van der Waals surface area contributed by atoms with Crippen LogP contribution in [-0.2, 0) is 10.2 Å². The molecule has 0 aliphatic heterocycles. The van der Waals surface area contributed by atoms with Gasteiger partial charge in [-0.25, -0.2) is 4.98 Å². The van der Waals surface area contributed by atoms with Gasteiger partial charge in [-0.2, -0.15) is 15.2 Å². The van der Waals surface area contributed by atoms with E-state index >= 15 is 0 Å². The van der Waals surface area contributed by atoms with Crippen molar-refractivity contribution in [2.75, 3.05) is 18.0 Å². The van der Waals surface area contributed by atoms with Gasteiger partial charge >= 0.3 is 0 Å². The normalized spacial score (nSPS) is 11.3. The Bertz CT molecular complexity index is 539. The van der Waals surface area contributed by atoms with Crippen LogP contribution in [0.4, 0.5) is 5.95 Å². The van der Waals surface area contributed by atoms with E-state index in [1.165, 1.54) is 0 Å². The molecule has 8 heteroatoms. The van der Waals surface area contributed by atoms with Crippen LogP contribution >= 0.6 is 34.8 Å². The van der Waals surface area contributed by atoms with Crippen LogP contribution in [0.2, 0.25) is 0 Å². The molecule has 5 nitrogen and oxygen atoms in total. The predicted octanol–water partition coefficient (Wildman–Crippen LogP) is 4.95. The van der Waals surface area contributed by atoms with Crippen molar-refractivity contribution in [2.45, 2.75) is 62.6 Å². The van der Waals surface area contributed by atoms with E-state index in [9.17, 15) is 0 Å². The third kappa shape index (κ3) is 7.38. The zero-order valence-electron chi connectivity index (χ0n) is 14.2. The summed E-state index contributed by atoms with van der Waals surface area (Å²) in [5, 5.41) is 8.88. The van der Waals surface area contributed by atoms with Crippen molar-refractivity contribution >= 4 is 40.8 Å². The largest absolute Gasteiger partial charge is 0.340 e. The van der Waals surface area contributed by atoms with Gasteiger partial charge < -0.3 is 4.90 Å². The highest BCUT2D eigenvalue weighted by Gasteiger charge is 2.29. The zero-order valence-corrected chi connectivity index (χ0v) is 16.5. The molecule has 0 aliphatic carbocycles. The lowest BCUT2D eigenvalue weighted by Crippen LogP contribution is -2.29. The third-order valence-corrected chi connectivity index (χ3v) is 3.99. The molecule has 0 aromatic carbocycles. The van der Waals surface area contributed by atoms with Crippen LogP contribution in [0.1, 0.15) is 64.0 Å². The highest BCUT2D eigenvalue weighted by molar-refractivity contribution is 6.66. The molecule has 0 saturated heterocycles. The van der Waals surface area contributed by atoms with Gasteiger partial charge in [-0.1, -0.05) is 67.9 Å². The van der Waals surface area contributed by atoms with Gasteiger partial charge in [-0.15, -0.1) is 0 Å². The second-order valence-electron chi connectivity index (χ2n) is 5.58. The Morgan fingerprint density at radius 2 is 1.71 bits per heavy atom. The number of rotatable bonds is 10. The monoisotopic (exact) mass is 391 g/mol. The van der Waals surface area contributed by atoms with E-state index in [4.69, 9.17) is 40.1 Å². The van der Waals surface area contributed by atoms with Crippen molar-refractivity contribution in [3.8, 4) is 6.07 Å². The smallest absolute Gasteiger partial charge is 0.250 e. The minimum absolute atomic E-state index is 0.141. The Morgan fingerprint density at radius 3 is 2.29 bits per heavy atom. The van der Waals surface area contributed by atoms with Crippen molar-refractivity contribution in [2.24, 2.45) is 0 Å². The Hall–Kier alpha value is -0.830. The number of nitrogens with zero attached hydrogens (tertiary/aromatic N) is 5. The van der Waals surface area contributed by atoms with Crippen LogP contribution < -0.4 is 4.90 Å². The second kappa shape index (κ2) is 10.9. The molecule has 0 spiro atoms. The maximum atomic E-state index is 8.88. The van der Waals surface area contributed by atoms with Crippen LogP contribution in [0.25, 0.3) is 0 Å². The summed E-state index contributed by atoms with van der Waals surface area (Å²) >= 11 is 18.0. The van der Waals surface area contributed by atoms with E-state index < -0.39 is 3.79 Å². The number of aryl methyl sites for hydroxylation is 1. The molecule has 0 aliphatic rings. The number of alkyl halides is 3. The molecule has 0 saturated carbocycles. The fourth-order valence-corrected chi connectivity index (χ4v) is 2.42. The molecule has 1 rings (SSSR count). The zero-order chi connectivity index (χ0) is 18.0. The molecule has 0 unspecified atom stereocenters. The lowest BCUT2D eigenvalue weighted by atomic mass is 10.2. The van der Waals surface area contributed by atoms with E-state index in [-0.39, 0.29) is 5.82 Å². The van der Waals surface area contributed by atoms with Crippen molar-refractivity contribution in [1.29, 1.82) is 5.26 Å². The number of unbranched alkanes of at least 4 members (excludes halogenated alkanes) is 3. The first kappa shape index (κ1) is 21.2.